The second-order valence-electron chi connectivity index (χ2n) is 4.54. The molecule has 0 aliphatic carbocycles. The van der Waals surface area contributed by atoms with Gasteiger partial charge in [-0.2, -0.15) is 5.10 Å². The number of nitrogens with two attached hydrogens (primary N) is 1. The van der Waals surface area contributed by atoms with E-state index in [0.29, 0.717) is 18.7 Å². The summed E-state index contributed by atoms with van der Waals surface area (Å²) in [6.45, 7) is 3.30. The Morgan fingerprint density at radius 3 is 2.63 bits per heavy atom. The van der Waals surface area contributed by atoms with Gasteiger partial charge in [-0.1, -0.05) is 18.2 Å². The molecule has 0 fully saturated rings. The van der Waals surface area contributed by atoms with E-state index in [4.69, 9.17) is 5.73 Å². The molecule has 5 heteroatoms. The average molecular weight is 258 g/mol. The van der Waals surface area contributed by atoms with Crippen LogP contribution in [0.15, 0.2) is 30.5 Å². The van der Waals surface area contributed by atoms with Gasteiger partial charge in [-0.3, -0.25) is 9.48 Å². The highest BCUT2D eigenvalue weighted by molar-refractivity contribution is 5.94. The van der Waals surface area contributed by atoms with Crippen molar-refractivity contribution in [3.05, 3.63) is 52.8 Å². The summed E-state index contributed by atoms with van der Waals surface area (Å²) in [6.07, 6.45) is 1.99. The first-order chi connectivity index (χ1) is 9.08. The van der Waals surface area contributed by atoms with Gasteiger partial charge in [-0.15, -0.1) is 0 Å². The lowest BCUT2D eigenvalue weighted by molar-refractivity contribution is 0.0999. The van der Waals surface area contributed by atoms with Crippen molar-refractivity contribution in [3.63, 3.8) is 0 Å². The molecule has 0 spiro atoms. The number of carbonyl (C=O) groups excluding carboxylic acids is 1. The van der Waals surface area contributed by atoms with E-state index in [-0.39, 0.29) is 0 Å². The van der Waals surface area contributed by atoms with E-state index in [0.717, 1.165) is 16.8 Å². The molecule has 0 unspecified atom stereocenters. The van der Waals surface area contributed by atoms with Gasteiger partial charge in [0.1, 0.15) is 0 Å². The zero-order valence-corrected chi connectivity index (χ0v) is 11.2. The van der Waals surface area contributed by atoms with Crippen LogP contribution in [0.1, 0.15) is 27.2 Å². The van der Waals surface area contributed by atoms with E-state index in [1.165, 1.54) is 0 Å². The lowest BCUT2D eigenvalue weighted by Gasteiger charge is -2.07. The third-order valence-electron chi connectivity index (χ3n) is 3.03. The minimum absolute atomic E-state index is 0.394. The van der Waals surface area contributed by atoms with Gasteiger partial charge in [0.05, 0.1) is 5.69 Å². The zero-order chi connectivity index (χ0) is 13.8. The Morgan fingerprint density at radius 1 is 1.32 bits per heavy atom. The molecule has 0 aliphatic heterocycles. The van der Waals surface area contributed by atoms with Crippen molar-refractivity contribution in [1.82, 2.24) is 15.1 Å². The summed E-state index contributed by atoms with van der Waals surface area (Å²) < 4.78 is 1.80. The highest BCUT2D eigenvalue weighted by Gasteiger charge is 2.07. The van der Waals surface area contributed by atoms with Gasteiger partial charge in [0.2, 0.25) is 5.91 Å². The molecule has 0 saturated heterocycles. The van der Waals surface area contributed by atoms with Crippen molar-refractivity contribution in [2.45, 2.75) is 20.0 Å². The predicted molar refractivity (Wildman–Crippen MR) is 73.4 cm³/mol. The molecule has 19 heavy (non-hydrogen) atoms. The van der Waals surface area contributed by atoms with Crippen LogP contribution >= 0.6 is 0 Å². The van der Waals surface area contributed by atoms with Crippen molar-refractivity contribution in [2.24, 2.45) is 12.8 Å². The Hall–Kier alpha value is -2.14. The van der Waals surface area contributed by atoms with Gasteiger partial charge in [0.15, 0.2) is 0 Å². The van der Waals surface area contributed by atoms with Gasteiger partial charge < -0.3 is 11.1 Å². The minimum atomic E-state index is -0.394. The van der Waals surface area contributed by atoms with E-state index in [1.54, 1.807) is 10.7 Å². The fourth-order valence-electron chi connectivity index (χ4n) is 2.07. The van der Waals surface area contributed by atoms with E-state index in [2.05, 4.69) is 10.4 Å². The first-order valence-electron chi connectivity index (χ1n) is 6.15. The third kappa shape index (κ3) is 3.20. The summed E-state index contributed by atoms with van der Waals surface area (Å²) in [5.74, 6) is -0.394. The molecule has 1 aromatic heterocycles. The second-order valence-corrected chi connectivity index (χ2v) is 4.54. The maximum absolute atomic E-state index is 11.3. The lowest BCUT2D eigenvalue weighted by Crippen LogP contribution is -2.18. The molecular weight excluding hydrogens is 240 g/mol. The molecule has 0 aliphatic rings. The quantitative estimate of drug-likeness (QED) is 0.844. The monoisotopic (exact) mass is 258 g/mol. The fourth-order valence-corrected chi connectivity index (χ4v) is 2.07. The van der Waals surface area contributed by atoms with Crippen LogP contribution in [0.25, 0.3) is 0 Å². The largest absolute Gasteiger partial charge is 0.366 e. The summed E-state index contributed by atoms with van der Waals surface area (Å²) in [5.41, 5.74) is 8.99. The molecule has 1 amide bonds. The van der Waals surface area contributed by atoms with Gasteiger partial charge >= 0.3 is 0 Å². The van der Waals surface area contributed by atoms with Crippen molar-refractivity contribution in [1.29, 1.82) is 0 Å². The van der Waals surface area contributed by atoms with Gasteiger partial charge in [0.25, 0.3) is 0 Å². The zero-order valence-electron chi connectivity index (χ0n) is 11.2. The number of nitrogens with one attached hydrogen (secondary N) is 1. The number of hydrogen-bond donors (Lipinski definition) is 2. The van der Waals surface area contributed by atoms with Crippen LogP contribution in [-0.4, -0.2) is 15.7 Å². The molecule has 100 valence electrons. The molecule has 5 nitrogen and oxygen atoms in total. The van der Waals surface area contributed by atoms with Crippen molar-refractivity contribution >= 4 is 5.91 Å². The van der Waals surface area contributed by atoms with E-state index >= 15 is 0 Å². The van der Waals surface area contributed by atoms with Gasteiger partial charge in [-0.25, -0.2) is 0 Å². The maximum atomic E-state index is 11.3. The second kappa shape index (κ2) is 5.67. The SMILES string of the molecule is Cc1nn(C)cc1CNCc1ccccc1C(N)=O. The minimum Gasteiger partial charge on any atom is -0.366 e. The molecule has 0 bridgehead atoms. The predicted octanol–water partition coefficient (Wildman–Crippen LogP) is 1.12. The van der Waals surface area contributed by atoms with Crippen LogP contribution in [0, 0.1) is 6.92 Å². The number of amides is 1. The first kappa shape index (κ1) is 13.3. The van der Waals surface area contributed by atoms with Crippen LogP contribution < -0.4 is 11.1 Å². The third-order valence-corrected chi connectivity index (χ3v) is 3.03. The van der Waals surface area contributed by atoms with Gasteiger partial charge in [0, 0.05) is 37.5 Å². The summed E-state index contributed by atoms with van der Waals surface area (Å²) in [7, 11) is 1.90. The smallest absolute Gasteiger partial charge is 0.249 e. The number of aryl methyl sites for hydroxylation is 2. The molecule has 2 aromatic rings. The van der Waals surface area contributed by atoms with E-state index < -0.39 is 5.91 Å². The van der Waals surface area contributed by atoms with Crippen molar-refractivity contribution < 1.29 is 4.79 Å². The summed E-state index contributed by atoms with van der Waals surface area (Å²) in [4.78, 5) is 11.3. The highest BCUT2D eigenvalue weighted by atomic mass is 16.1. The summed E-state index contributed by atoms with van der Waals surface area (Å²) in [5, 5.41) is 7.59. The standard InChI is InChI=1S/C14H18N4O/c1-10-12(9-18(2)17-10)8-16-7-11-5-3-4-6-13(11)14(15)19/h3-6,9,16H,7-8H2,1-2H3,(H2,15,19). The number of rotatable bonds is 5. The van der Waals surface area contributed by atoms with Crippen LogP contribution in [0.3, 0.4) is 0 Å². The average Bonchev–Trinajstić information content (AvgIpc) is 2.68. The van der Waals surface area contributed by atoms with Crippen LogP contribution in [-0.2, 0) is 20.1 Å². The Labute approximate surface area is 112 Å². The number of primary amides is 1. The van der Waals surface area contributed by atoms with Gasteiger partial charge in [-0.05, 0) is 18.6 Å². The van der Waals surface area contributed by atoms with Crippen molar-refractivity contribution in [3.8, 4) is 0 Å². The highest BCUT2D eigenvalue weighted by Crippen LogP contribution is 2.09. The fraction of sp³-hybridized carbons (Fsp3) is 0.286. The molecule has 0 saturated carbocycles. The maximum Gasteiger partial charge on any atom is 0.249 e. The van der Waals surface area contributed by atoms with E-state index in [9.17, 15) is 4.79 Å². The number of nitrogens with zero attached hydrogens (tertiary/aromatic N) is 2. The molecule has 1 heterocycles. The Balaban J connectivity index is 2.00. The Kier molecular flexibility index (Phi) is 3.97. The molecule has 1 aromatic carbocycles. The van der Waals surface area contributed by atoms with Crippen molar-refractivity contribution in [2.75, 3.05) is 0 Å². The topological polar surface area (TPSA) is 72.9 Å². The summed E-state index contributed by atoms with van der Waals surface area (Å²) in [6, 6.07) is 7.37. The Morgan fingerprint density at radius 2 is 2.00 bits per heavy atom. The first-order valence-corrected chi connectivity index (χ1v) is 6.15. The molecular formula is C14H18N4O. The molecule has 0 radical (unpaired) electrons. The molecule has 3 N–H and O–H groups in total. The molecule has 0 atom stereocenters. The number of benzene rings is 1. The summed E-state index contributed by atoms with van der Waals surface area (Å²) >= 11 is 0. The number of hydrogen-bond acceptors (Lipinski definition) is 3. The number of aromatic nitrogens is 2. The van der Waals surface area contributed by atoms with E-state index in [1.807, 2.05) is 38.4 Å². The molecule has 2 rings (SSSR count). The normalized spacial score (nSPS) is 10.6. The van der Waals surface area contributed by atoms with Crippen LogP contribution in [0.4, 0.5) is 0 Å². The lowest BCUT2D eigenvalue weighted by atomic mass is 10.1. The number of carbonyl (C=O) groups is 1. The Bertz CT molecular complexity index is 589. The van der Waals surface area contributed by atoms with Crippen LogP contribution in [0.2, 0.25) is 0 Å². The van der Waals surface area contributed by atoms with Crippen LogP contribution in [0.5, 0.6) is 0 Å².